The summed E-state index contributed by atoms with van der Waals surface area (Å²) in [6.07, 6.45) is 2.18. The van der Waals surface area contributed by atoms with Crippen molar-refractivity contribution in [1.29, 1.82) is 0 Å². The minimum Gasteiger partial charge on any atom is -0.399 e. The number of carbonyl (C=O) groups is 1. The highest BCUT2D eigenvalue weighted by Gasteiger charge is 2.24. The quantitative estimate of drug-likeness (QED) is 0.784. The molecule has 0 unspecified atom stereocenters. The standard InChI is InChI=1S/C18H30N4O2/c1-13(2)20-18(23)22(12-16-6-5-9-24-16)11-14-10-15(19)7-8-17(14)21(3)4/h7-8,10,13,16H,5-6,9,11-12,19H2,1-4H3,(H,20,23)/t16-/m1/s1. The Morgan fingerprint density at radius 3 is 2.75 bits per heavy atom. The lowest BCUT2D eigenvalue weighted by molar-refractivity contribution is 0.0791. The van der Waals surface area contributed by atoms with Crippen molar-refractivity contribution in [1.82, 2.24) is 10.2 Å². The van der Waals surface area contributed by atoms with Crippen LogP contribution in [0.3, 0.4) is 0 Å². The van der Waals surface area contributed by atoms with Crippen molar-refractivity contribution in [2.24, 2.45) is 0 Å². The zero-order valence-corrected chi connectivity index (χ0v) is 15.2. The van der Waals surface area contributed by atoms with Gasteiger partial charge in [0, 0.05) is 51.2 Å². The lowest BCUT2D eigenvalue weighted by Gasteiger charge is -2.28. The van der Waals surface area contributed by atoms with Crippen molar-refractivity contribution in [3.05, 3.63) is 23.8 Å². The normalized spacial score (nSPS) is 17.1. The van der Waals surface area contributed by atoms with Crippen LogP contribution in [0.2, 0.25) is 0 Å². The van der Waals surface area contributed by atoms with Crippen LogP contribution in [0.15, 0.2) is 18.2 Å². The number of nitrogens with one attached hydrogen (secondary N) is 1. The number of anilines is 2. The molecule has 134 valence electrons. The Morgan fingerprint density at radius 1 is 1.42 bits per heavy atom. The zero-order valence-electron chi connectivity index (χ0n) is 15.2. The summed E-state index contributed by atoms with van der Waals surface area (Å²) >= 11 is 0. The van der Waals surface area contributed by atoms with Gasteiger partial charge in [0.2, 0.25) is 0 Å². The van der Waals surface area contributed by atoms with Crippen LogP contribution in [0.4, 0.5) is 16.2 Å². The van der Waals surface area contributed by atoms with E-state index in [0.717, 1.165) is 30.7 Å². The molecule has 0 bridgehead atoms. The van der Waals surface area contributed by atoms with Crippen molar-refractivity contribution in [3.63, 3.8) is 0 Å². The number of amides is 2. The van der Waals surface area contributed by atoms with E-state index in [9.17, 15) is 4.79 Å². The van der Waals surface area contributed by atoms with Crippen LogP contribution in [-0.4, -0.2) is 50.3 Å². The Labute approximate surface area is 144 Å². The number of nitrogen functional groups attached to an aromatic ring is 1. The maximum atomic E-state index is 12.6. The molecule has 1 aliphatic heterocycles. The van der Waals surface area contributed by atoms with Crippen LogP contribution < -0.4 is 16.0 Å². The first-order valence-electron chi connectivity index (χ1n) is 8.59. The molecule has 0 aliphatic carbocycles. The molecule has 24 heavy (non-hydrogen) atoms. The molecule has 1 atom stereocenters. The van der Waals surface area contributed by atoms with Gasteiger partial charge in [0.15, 0.2) is 0 Å². The van der Waals surface area contributed by atoms with E-state index in [-0.39, 0.29) is 18.2 Å². The van der Waals surface area contributed by atoms with Gasteiger partial charge >= 0.3 is 6.03 Å². The summed E-state index contributed by atoms with van der Waals surface area (Å²) in [5.41, 5.74) is 8.77. The van der Waals surface area contributed by atoms with Crippen molar-refractivity contribution in [2.75, 3.05) is 37.9 Å². The number of nitrogens with zero attached hydrogens (tertiary/aromatic N) is 2. The van der Waals surface area contributed by atoms with E-state index in [0.29, 0.717) is 18.8 Å². The number of rotatable bonds is 6. The Morgan fingerprint density at radius 2 is 2.17 bits per heavy atom. The molecule has 1 heterocycles. The van der Waals surface area contributed by atoms with Gasteiger partial charge in [-0.15, -0.1) is 0 Å². The Bertz CT molecular complexity index is 554. The molecule has 0 radical (unpaired) electrons. The second-order valence-corrected chi connectivity index (χ2v) is 6.90. The second-order valence-electron chi connectivity index (χ2n) is 6.90. The molecule has 1 aliphatic rings. The van der Waals surface area contributed by atoms with Crippen LogP contribution in [-0.2, 0) is 11.3 Å². The van der Waals surface area contributed by atoms with Crippen LogP contribution in [0, 0.1) is 0 Å². The summed E-state index contributed by atoms with van der Waals surface area (Å²) in [7, 11) is 3.99. The fraction of sp³-hybridized carbons (Fsp3) is 0.611. The van der Waals surface area contributed by atoms with Crippen LogP contribution in [0.1, 0.15) is 32.3 Å². The molecule has 0 aromatic heterocycles. The number of hydrogen-bond acceptors (Lipinski definition) is 4. The summed E-state index contributed by atoms with van der Waals surface area (Å²) in [6, 6.07) is 5.86. The molecule has 1 saturated heterocycles. The first kappa shape index (κ1) is 18.4. The molecule has 3 N–H and O–H groups in total. The molecule has 2 amide bonds. The molecule has 6 heteroatoms. The molecule has 1 fully saturated rings. The lowest BCUT2D eigenvalue weighted by Crippen LogP contribution is -2.45. The van der Waals surface area contributed by atoms with E-state index >= 15 is 0 Å². The van der Waals surface area contributed by atoms with Gasteiger partial charge in [-0.25, -0.2) is 4.79 Å². The smallest absolute Gasteiger partial charge is 0.317 e. The van der Waals surface area contributed by atoms with Crippen LogP contribution in [0.5, 0.6) is 0 Å². The monoisotopic (exact) mass is 334 g/mol. The Hall–Kier alpha value is -1.95. The summed E-state index contributed by atoms with van der Waals surface area (Å²) in [5, 5.41) is 2.99. The molecular weight excluding hydrogens is 304 g/mol. The van der Waals surface area contributed by atoms with Crippen molar-refractivity contribution in [3.8, 4) is 0 Å². The van der Waals surface area contributed by atoms with Crippen molar-refractivity contribution < 1.29 is 9.53 Å². The molecular formula is C18H30N4O2. The number of carbonyl (C=O) groups excluding carboxylic acids is 1. The lowest BCUT2D eigenvalue weighted by atomic mass is 10.1. The van der Waals surface area contributed by atoms with E-state index < -0.39 is 0 Å². The Kier molecular flexibility index (Phi) is 6.31. The highest BCUT2D eigenvalue weighted by molar-refractivity contribution is 5.75. The number of benzene rings is 1. The van der Waals surface area contributed by atoms with Gasteiger partial charge < -0.3 is 25.6 Å². The van der Waals surface area contributed by atoms with Gasteiger partial charge in [-0.1, -0.05) is 0 Å². The minimum atomic E-state index is -0.0624. The molecule has 6 nitrogen and oxygen atoms in total. The molecule has 1 aromatic rings. The van der Waals surface area contributed by atoms with Gasteiger partial charge in [0.1, 0.15) is 0 Å². The van der Waals surface area contributed by atoms with E-state index in [2.05, 4.69) is 5.32 Å². The second kappa shape index (κ2) is 8.24. The highest BCUT2D eigenvalue weighted by atomic mass is 16.5. The molecule has 1 aromatic carbocycles. The number of urea groups is 1. The molecule has 0 saturated carbocycles. The number of hydrogen-bond donors (Lipinski definition) is 2. The Balaban J connectivity index is 2.20. The maximum absolute atomic E-state index is 12.6. The summed E-state index contributed by atoms with van der Waals surface area (Å²) in [4.78, 5) is 16.5. The van der Waals surface area contributed by atoms with Gasteiger partial charge in [-0.2, -0.15) is 0 Å². The van der Waals surface area contributed by atoms with Crippen molar-refractivity contribution in [2.45, 2.75) is 45.4 Å². The third-order valence-electron chi connectivity index (χ3n) is 4.09. The summed E-state index contributed by atoms with van der Waals surface area (Å²) in [5.74, 6) is 0. The topological polar surface area (TPSA) is 70.8 Å². The molecule has 2 rings (SSSR count). The predicted octanol–water partition coefficient (Wildman–Crippen LogP) is 2.43. The highest BCUT2D eigenvalue weighted by Crippen LogP contribution is 2.24. The summed E-state index contributed by atoms with van der Waals surface area (Å²) < 4.78 is 5.72. The number of ether oxygens (including phenoxy) is 1. The van der Waals surface area contributed by atoms with Gasteiger partial charge in [0.25, 0.3) is 0 Å². The van der Waals surface area contributed by atoms with Crippen LogP contribution >= 0.6 is 0 Å². The maximum Gasteiger partial charge on any atom is 0.317 e. The fourth-order valence-corrected chi connectivity index (χ4v) is 2.97. The van der Waals surface area contributed by atoms with E-state index in [1.165, 1.54) is 0 Å². The zero-order chi connectivity index (χ0) is 17.7. The van der Waals surface area contributed by atoms with Gasteiger partial charge in [0.05, 0.1) is 6.10 Å². The largest absolute Gasteiger partial charge is 0.399 e. The first-order chi connectivity index (χ1) is 11.4. The SMILES string of the molecule is CC(C)NC(=O)N(Cc1cc(N)ccc1N(C)C)C[C@H]1CCCO1. The van der Waals surface area contributed by atoms with Crippen LogP contribution in [0.25, 0.3) is 0 Å². The minimum absolute atomic E-state index is 0.0624. The van der Waals surface area contributed by atoms with E-state index in [1.807, 2.05) is 55.9 Å². The first-order valence-corrected chi connectivity index (χ1v) is 8.59. The average Bonchev–Trinajstić information content (AvgIpc) is 2.98. The third kappa shape index (κ3) is 5.03. The number of nitrogens with two attached hydrogens (primary N) is 1. The molecule has 0 spiro atoms. The summed E-state index contributed by atoms with van der Waals surface area (Å²) in [6.45, 7) is 5.82. The predicted molar refractivity (Wildman–Crippen MR) is 98.2 cm³/mol. The van der Waals surface area contributed by atoms with E-state index in [1.54, 1.807) is 0 Å². The fourth-order valence-electron chi connectivity index (χ4n) is 2.97. The third-order valence-corrected chi connectivity index (χ3v) is 4.09. The average molecular weight is 334 g/mol. The van der Waals surface area contributed by atoms with Gasteiger partial charge in [-0.3, -0.25) is 0 Å². The van der Waals surface area contributed by atoms with Gasteiger partial charge in [-0.05, 0) is 50.5 Å². The van der Waals surface area contributed by atoms with E-state index in [4.69, 9.17) is 10.5 Å². The van der Waals surface area contributed by atoms with Crippen molar-refractivity contribution >= 4 is 17.4 Å².